The normalized spacial score (nSPS) is 11.3. The second-order valence-corrected chi connectivity index (χ2v) is 3.84. The molecular formula is C11H13F3N2O2. The Hall–Kier alpha value is -1.92. The van der Waals surface area contributed by atoms with Gasteiger partial charge in [0.2, 0.25) is 0 Å². The molecule has 3 N–H and O–H groups in total. The van der Waals surface area contributed by atoms with Crippen molar-refractivity contribution in [2.24, 2.45) is 0 Å². The number of aromatic carboxylic acids is 1. The molecule has 0 spiro atoms. The molecule has 7 heteroatoms. The molecule has 0 fully saturated rings. The van der Waals surface area contributed by atoms with Gasteiger partial charge in [-0.15, -0.1) is 0 Å². The molecule has 0 radical (unpaired) electrons. The van der Waals surface area contributed by atoms with Crippen LogP contribution in [0, 0.1) is 0 Å². The van der Waals surface area contributed by atoms with Gasteiger partial charge in [-0.3, -0.25) is 0 Å². The number of rotatable bonds is 4. The van der Waals surface area contributed by atoms with Gasteiger partial charge in [0, 0.05) is 13.6 Å². The summed E-state index contributed by atoms with van der Waals surface area (Å²) in [7, 11) is 1.38. The van der Waals surface area contributed by atoms with Gasteiger partial charge in [-0.1, -0.05) is 6.07 Å². The third-order valence-corrected chi connectivity index (χ3v) is 2.41. The maximum Gasteiger partial charge on any atom is 0.390 e. The molecule has 1 aromatic rings. The summed E-state index contributed by atoms with van der Waals surface area (Å²) >= 11 is 0. The molecule has 1 rings (SSSR count). The summed E-state index contributed by atoms with van der Waals surface area (Å²) in [4.78, 5) is 12.2. The van der Waals surface area contributed by atoms with Crippen LogP contribution >= 0.6 is 0 Å². The van der Waals surface area contributed by atoms with Crippen molar-refractivity contribution in [2.75, 3.05) is 24.2 Å². The van der Waals surface area contributed by atoms with Crippen LogP contribution in [-0.2, 0) is 0 Å². The highest BCUT2D eigenvalue weighted by atomic mass is 19.4. The highest BCUT2D eigenvalue weighted by Crippen LogP contribution is 2.29. The number of carbonyl (C=O) groups is 1. The minimum Gasteiger partial charge on any atom is -0.478 e. The second kappa shape index (κ2) is 5.16. The van der Waals surface area contributed by atoms with Gasteiger partial charge in [0.05, 0.1) is 23.4 Å². The molecule has 0 aromatic heterocycles. The molecule has 0 atom stereocenters. The van der Waals surface area contributed by atoms with Crippen LogP contribution in [0.15, 0.2) is 18.2 Å². The van der Waals surface area contributed by atoms with Gasteiger partial charge < -0.3 is 15.7 Å². The minimum atomic E-state index is -4.29. The van der Waals surface area contributed by atoms with E-state index in [1.54, 1.807) is 0 Å². The molecule has 0 amide bonds. The number of carboxylic acid groups (broad SMARTS) is 1. The summed E-state index contributed by atoms with van der Waals surface area (Å²) in [5, 5.41) is 8.96. The fraction of sp³-hybridized carbons (Fsp3) is 0.364. The maximum atomic E-state index is 12.1. The first-order valence-corrected chi connectivity index (χ1v) is 5.12. The first-order chi connectivity index (χ1) is 8.22. The number of halogens is 3. The van der Waals surface area contributed by atoms with E-state index in [1.165, 1.54) is 30.1 Å². The summed E-state index contributed by atoms with van der Waals surface area (Å²) in [6.45, 7) is -0.349. The van der Waals surface area contributed by atoms with Crippen LogP contribution in [0.2, 0.25) is 0 Å². The Bertz CT molecular complexity index is 446. The molecule has 0 aliphatic rings. The number of hydrogen-bond donors (Lipinski definition) is 2. The second-order valence-electron chi connectivity index (χ2n) is 3.84. The molecule has 4 nitrogen and oxygen atoms in total. The van der Waals surface area contributed by atoms with Gasteiger partial charge >= 0.3 is 12.1 Å². The summed E-state index contributed by atoms with van der Waals surface area (Å²) in [5.74, 6) is -1.23. The molecule has 18 heavy (non-hydrogen) atoms. The average Bonchev–Trinajstić information content (AvgIpc) is 2.24. The maximum absolute atomic E-state index is 12.1. The lowest BCUT2D eigenvalue weighted by Gasteiger charge is -2.23. The SMILES string of the molecule is CN(CCC(F)(F)F)c1c(N)cccc1C(=O)O. The zero-order valence-corrected chi connectivity index (χ0v) is 9.66. The van der Waals surface area contributed by atoms with E-state index in [0.717, 1.165) is 0 Å². The van der Waals surface area contributed by atoms with Crippen molar-refractivity contribution >= 4 is 17.3 Å². The van der Waals surface area contributed by atoms with Crippen LogP contribution in [0.1, 0.15) is 16.8 Å². The molecule has 100 valence electrons. The number of nitrogens with two attached hydrogens (primary N) is 1. The van der Waals surface area contributed by atoms with Gasteiger partial charge in [-0.05, 0) is 12.1 Å². The zero-order valence-electron chi connectivity index (χ0n) is 9.66. The molecule has 1 aromatic carbocycles. The van der Waals surface area contributed by atoms with Crippen molar-refractivity contribution in [1.82, 2.24) is 0 Å². The van der Waals surface area contributed by atoms with E-state index in [4.69, 9.17) is 10.8 Å². The molecular weight excluding hydrogens is 249 g/mol. The quantitative estimate of drug-likeness (QED) is 0.817. The lowest BCUT2D eigenvalue weighted by molar-refractivity contribution is -0.132. The lowest BCUT2D eigenvalue weighted by Crippen LogP contribution is -2.26. The van der Waals surface area contributed by atoms with E-state index in [2.05, 4.69) is 0 Å². The zero-order chi connectivity index (χ0) is 13.9. The van der Waals surface area contributed by atoms with Crippen LogP contribution in [0.4, 0.5) is 24.5 Å². The fourth-order valence-corrected chi connectivity index (χ4v) is 1.57. The largest absolute Gasteiger partial charge is 0.478 e. The van der Waals surface area contributed by atoms with Gasteiger partial charge in [-0.2, -0.15) is 13.2 Å². The number of nitrogens with zero attached hydrogens (tertiary/aromatic N) is 1. The molecule has 0 bridgehead atoms. The summed E-state index contributed by atoms with van der Waals surface area (Å²) in [5.41, 5.74) is 5.75. The molecule has 0 saturated heterocycles. The summed E-state index contributed by atoms with van der Waals surface area (Å²) < 4.78 is 36.4. The third-order valence-electron chi connectivity index (χ3n) is 2.41. The van der Waals surface area contributed by atoms with Crippen molar-refractivity contribution in [3.63, 3.8) is 0 Å². The summed E-state index contributed by atoms with van der Waals surface area (Å²) in [6.07, 6.45) is -5.32. The van der Waals surface area contributed by atoms with Crippen LogP contribution in [0.25, 0.3) is 0 Å². The number of carboxylic acids is 1. The van der Waals surface area contributed by atoms with E-state index in [9.17, 15) is 18.0 Å². The number of para-hydroxylation sites is 1. The molecule has 0 unspecified atom stereocenters. The van der Waals surface area contributed by atoms with Crippen molar-refractivity contribution in [1.29, 1.82) is 0 Å². The van der Waals surface area contributed by atoms with E-state index in [0.29, 0.717) is 0 Å². The summed E-state index contributed by atoms with van der Waals surface area (Å²) in [6, 6.07) is 4.20. The van der Waals surface area contributed by atoms with Crippen LogP contribution in [0.3, 0.4) is 0 Å². The molecule has 0 saturated carbocycles. The third kappa shape index (κ3) is 3.54. The topological polar surface area (TPSA) is 66.6 Å². The van der Waals surface area contributed by atoms with Crippen molar-refractivity contribution in [3.8, 4) is 0 Å². The fourth-order valence-electron chi connectivity index (χ4n) is 1.57. The Labute approximate surface area is 102 Å². The highest BCUT2D eigenvalue weighted by Gasteiger charge is 2.28. The molecule has 0 heterocycles. The smallest absolute Gasteiger partial charge is 0.390 e. The Kier molecular flexibility index (Phi) is 4.05. The first-order valence-electron chi connectivity index (χ1n) is 5.12. The van der Waals surface area contributed by atoms with E-state index < -0.39 is 18.6 Å². The van der Waals surface area contributed by atoms with Gasteiger partial charge in [0.25, 0.3) is 0 Å². The van der Waals surface area contributed by atoms with Crippen molar-refractivity contribution < 1.29 is 23.1 Å². The van der Waals surface area contributed by atoms with Crippen LogP contribution < -0.4 is 10.6 Å². The van der Waals surface area contributed by atoms with Crippen LogP contribution in [0.5, 0.6) is 0 Å². The number of anilines is 2. The lowest BCUT2D eigenvalue weighted by atomic mass is 10.1. The number of benzene rings is 1. The molecule has 0 aliphatic carbocycles. The number of hydrogen-bond acceptors (Lipinski definition) is 3. The first kappa shape index (κ1) is 14.1. The van der Waals surface area contributed by atoms with E-state index >= 15 is 0 Å². The predicted molar refractivity (Wildman–Crippen MR) is 61.8 cm³/mol. The Morgan fingerprint density at radius 2 is 2.06 bits per heavy atom. The monoisotopic (exact) mass is 262 g/mol. The molecule has 0 aliphatic heterocycles. The van der Waals surface area contributed by atoms with E-state index in [1.807, 2.05) is 0 Å². The Balaban J connectivity index is 2.97. The van der Waals surface area contributed by atoms with Crippen molar-refractivity contribution in [3.05, 3.63) is 23.8 Å². The van der Waals surface area contributed by atoms with Gasteiger partial charge in [0.1, 0.15) is 0 Å². The number of alkyl halides is 3. The standard InChI is InChI=1S/C11H13F3N2O2/c1-16(6-5-11(12,13)14)9-7(10(17)18)3-2-4-8(9)15/h2-4H,5-6,15H2,1H3,(H,17,18). The highest BCUT2D eigenvalue weighted by molar-refractivity contribution is 5.97. The van der Waals surface area contributed by atoms with E-state index in [-0.39, 0.29) is 23.5 Å². The Morgan fingerprint density at radius 3 is 2.56 bits per heavy atom. The van der Waals surface area contributed by atoms with Gasteiger partial charge in [-0.25, -0.2) is 4.79 Å². The number of nitrogen functional groups attached to an aromatic ring is 1. The average molecular weight is 262 g/mol. The van der Waals surface area contributed by atoms with Crippen LogP contribution in [-0.4, -0.2) is 30.8 Å². The minimum absolute atomic E-state index is 0.106. The predicted octanol–water partition coefficient (Wildman–Crippen LogP) is 2.36. The van der Waals surface area contributed by atoms with Crippen molar-refractivity contribution in [2.45, 2.75) is 12.6 Å². The van der Waals surface area contributed by atoms with Gasteiger partial charge in [0.15, 0.2) is 0 Å². The Morgan fingerprint density at radius 1 is 1.44 bits per heavy atom.